The maximum atomic E-state index is 11.8. The smallest absolute Gasteiger partial charge is 0.349 e. The fourth-order valence-corrected chi connectivity index (χ4v) is 3.22. The van der Waals surface area contributed by atoms with Crippen molar-refractivity contribution in [3.05, 3.63) is 89.5 Å². The number of hydrogen-bond donors (Lipinski definition) is 1. The maximum absolute atomic E-state index is 11.8. The predicted molar refractivity (Wildman–Crippen MR) is 104 cm³/mol. The van der Waals surface area contributed by atoms with Gasteiger partial charge < -0.3 is 19.3 Å². The predicted octanol–water partition coefficient (Wildman–Crippen LogP) is 4.54. The van der Waals surface area contributed by atoms with Crippen LogP contribution in [0, 0.1) is 6.92 Å². The summed E-state index contributed by atoms with van der Waals surface area (Å²) in [5, 5.41) is 9.68. The molecular weight excluding hydrogens is 356 g/mol. The minimum absolute atomic E-state index is 0.381. The van der Waals surface area contributed by atoms with Crippen molar-refractivity contribution in [3.63, 3.8) is 0 Å². The van der Waals surface area contributed by atoms with Crippen molar-refractivity contribution >= 4 is 5.97 Å². The lowest BCUT2D eigenvalue weighted by atomic mass is 10.0. The Labute approximate surface area is 163 Å². The number of carboxylic acid groups (broad SMARTS) is 1. The summed E-state index contributed by atoms with van der Waals surface area (Å²) >= 11 is 0. The molecule has 3 aromatic rings. The van der Waals surface area contributed by atoms with Crippen LogP contribution in [0.25, 0.3) is 0 Å². The lowest BCUT2D eigenvalue weighted by Gasteiger charge is -2.32. The third-order valence-electron chi connectivity index (χ3n) is 4.75. The van der Waals surface area contributed by atoms with Gasteiger partial charge in [-0.05, 0) is 36.2 Å². The van der Waals surface area contributed by atoms with Crippen LogP contribution in [0.4, 0.5) is 0 Å². The lowest BCUT2D eigenvalue weighted by Crippen LogP contribution is -2.39. The molecule has 0 saturated heterocycles. The number of hydrogen-bond acceptors (Lipinski definition) is 4. The summed E-state index contributed by atoms with van der Waals surface area (Å²) < 4.78 is 17.8. The van der Waals surface area contributed by atoms with Crippen LogP contribution < -0.4 is 14.2 Å². The first-order valence-corrected chi connectivity index (χ1v) is 9.05. The molecule has 142 valence electrons. The molecule has 0 radical (unpaired) electrons. The van der Waals surface area contributed by atoms with E-state index in [1.807, 2.05) is 61.5 Å². The number of benzene rings is 3. The Hall–Kier alpha value is -3.47. The number of carbonyl (C=O) groups is 1. The summed E-state index contributed by atoms with van der Waals surface area (Å²) in [6.07, 6.45) is -1.99. The van der Waals surface area contributed by atoms with Gasteiger partial charge in [0, 0.05) is 5.56 Å². The Morgan fingerprint density at radius 1 is 0.929 bits per heavy atom. The van der Waals surface area contributed by atoms with Crippen LogP contribution in [0.5, 0.6) is 17.2 Å². The number of aryl methyl sites for hydroxylation is 1. The molecule has 5 heteroatoms. The number of ether oxygens (including phenoxy) is 3. The minimum Gasteiger partial charge on any atom is -0.488 e. The summed E-state index contributed by atoms with van der Waals surface area (Å²) in [4.78, 5) is 11.8. The first kappa shape index (κ1) is 17.9. The first-order valence-electron chi connectivity index (χ1n) is 9.05. The average molecular weight is 376 g/mol. The zero-order valence-corrected chi connectivity index (χ0v) is 15.4. The van der Waals surface area contributed by atoms with Crippen molar-refractivity contribution in [3.8, 4) is 17.2 Å². The van der Waals surface area contributed by atoms with Crippen LogP contribution >= 0.6 is 0 Å². The molecule has 4 rings (SSSR count). The van der Waals surface area contributed by atoms with Crippen LogP contribution in [-0.2, 0) is 11.4 Å². The summed E-state index contributed by atoms with van der Waals surface area (Å²) in [6, 6.07) is 22.3. The summed E-state index contributed by atoms with van der Waals surface area (Å²) in [5.74, 6) is 0.418. The van der Waals surface area contributed by atoms with Crippen LogP contribution in [-0.4, -0.2) is 17.2 Å². The second-order valence-electron chi connectivity index (χ2n) is 6.61. The minimum atomic E-state index is -1.17. The Bertz CT molecular complexity index is 998. The molecule has 1 N–H and O–H groups in total. The van der Waals surface area contributed by atoms with Crippen molar-refractivity contribution < 1.29 is 24.1 Å². The van der Waals surface area contributed by atoms with Crippen molar-refractivity contribution in [1.82, 2.24) is 0 Å². The van der Waals surface area contributed by atoms with Crippen LogP contribution in [0.15, 0.2) is 72.8 Å². The van der Waals surface area contributed by atoms with E-state index >= 15 is 0 Å². The van der Waals surface area contributed by atoms with E-state index in [0.717, 1.165) is 11.1 Å². The van der Waals surface area contributed by atoms with Gasteiger partial charge in [-0.25, -0.2) is 4.79 Å². The van der Waals surface area contributed by atoms with E-state index in [2.05, 4.69) is 0 Å². The molecule has 0 amide bonds. The standard InChI is InChI=1S/C23H20O5/c1-15-8-2-3-9-16(15)14-26-18-11-5-4-10-17(18)21-22(23(24)25)28-20-13-7-6-12-19(20)27-21/h2-13,21-22H,14H2,1H3,(H,24,25). The molecule has 1 aliphatic rings. The molecule has 5 nitrogen and oxygen atoms in total. The largest absolute Gasteiger partial charge is 0.488 e. The van der Waals surface area contributed by atoms with E-state index in [0.29, 0.717) is 29.4 Å². The molecule has 1 aliphatic heterocycles. The van der Waals surface area contributed by atoms with E-state index in [1.54, 1.807) is 18.2 Å². The lowest BCUT2D eigenvalue weighted by molar-refractivity contribution is -0.151. The van der Waals surface area contributed by atoms with Gasteiger partial charge in [-0.15, -0.1) is 0 Å². The number of aliphatic carboxylic acids is 1. The van der Waals surface area contributed by atoms with Gasteiger partial charge in [-0.1, -0.05) is 54.6 Å². The van der Waals surface area contributed by atoms with Gasteiger partial charge in [-0.2, -0.15) is 0 Å². The molecule has 2 unspecified atom stereocenters. The first-order chi connectivity index (χ1) is 13.6. The second kappa shape index (κ2) is 7.64. The molecule has 0 aliphatic carbocycles. The van der Waals surface area contributed by atoms with E-state index in [1.165, 1.54) is 0 Å². The van der Waals surface area contributed by atoms with Gasteiger partial charge in [-0.3, -0.25) is 0 Å². The van der Waals surface area contributed by atoms with Crippen molar-refractivity contribution in [1.29, 1.82) is 0 Å². The fraction of sp³-hybridized carbons (Fsp3) is 0.174. The van der Waals surface area contributed by atoms with Crippen LogP contribution in [0.2, 0.25) is 0 Å². The molecule has 3 aromatic carbocycles. The van der Waals surface area contributed by atoms with E-state index in [9.17, 15) is 9.90 Å². The highest BCUT2D eigenvalue weighted by atomic mass is 16.6. The molecule has 0 saturated carbocycles. The Kier molecular flexibility index (Phi) is 4.89. The van der Waals surface area contributed by atoms with Crippen molar-refractivity contribution in [2.45, 2.75) is 25.7 Å². The summed E-state index contributed by atoms with van der Waals surface area (Å²) in [5.41, 5.74) is 2.84. The Balaban J connectivity index is 1.65. The molecule has 0 aromatic heterocycles. The molecule has 0 fully saturated rings. The fourth-order valence-electron chi connectivity index (χ4n) is 3.22. The van der Waals surface area contributed by atoms with Gasteiger partial charge in [0.1, 0.15) is 12.4 Å². The molecule has 2 atom stereocenters. The normalized spacial score (nSPS) is 17.8. The van der Waals surface area contributed by atoms with Gasteiger partial charge in [0.25, 0.3) is 0 Å². The van der Waals surface area contributed by atoms with Crippen molar-refractivity contribution in [2.24, 2.45) is 0 Å². The number of carboxylic acids is 1. The monoisotopic (exact) mass is 376 g/mol. The summed E-state index contributed by atoms with van der Waals surface area (Å²) in [6.45, 7) is 2.41. The van der Waals surface area contributed by atoms with E-state index in [-0.39, 0.29) is 0 Å². The highest BCUT2D eigenvalue weighted by molar-refractivity contribution is 5.75. The number of fused-ring (bicyclic) bond motifs is 1. The Morgan fingerprint density at radius 3 is 2.32 bits per heavy atom. The van der Waals surface area contributed by atoms with E-state index in [4.69, 9.17) is 14.2 Å². The van der Waals surface area contributed by atoms with Crippen molar-refractivity contribution in [2.75, 3.05) is 0 Å². The molecule has 1 heterocycles. The van der Waals surface area contributed by atoms with Gasteiger partial charge in [0.2, 0.25) is 6.10 Å². The topological polar surface area (TPSA) is 65.0 Å². The van der Waals surface area contributed by atoms with E-state index < -0.39 is 18.2 Å². The molecule has 28 heavy (non-hydrogen) atoms. The molecule has 0 spiro atoms. The quantitative estimate of drug-likeness (QED) is 0.708. The highest BCUT2D eigenvalue weighted by Crippen LogP contribution is 2.41. The molecule has 0 bridgehead atoms. The zero-order chi connectivity index (χ0) is 19.5. The highest BCUT2D eigenvalue weighted by Gasteiger charge is 2.39. The van der Waals surface area contributed by atoms with Gasteiger partial charge in [0.15, 0.2) is 17.6 Å². The zero-order valence-electron chi connectivity index (χ0n) is 15.4. The molecular formula is C23H20O5. The SMILES string of the molecule is Cc1ccccc1COc1ccccc1C1Oc2ccccc2OC1C(=O)O. The maximum Gasteiger partial charge on any atom is 0.349 e. The number of rotatable bonds is 5. The second-order valence-corrected chi connectivity index (χ2v) is 6.61. The third kappa shape index (κ3) is 3.51. The third-order valence-corrected chi connectivity index (χ3v) is 4.75. The van der Waals surface area contributed by atoms with Gasteiger partial charge in [0.05, 0.1) is 0 Å². The van der Waals surface area contributed by atoms with Gasteiger partial charge >= 0.3 is 5.97 Å². The van der Waals surface area contributed by atoms with Crippen LogP contribution in [0.3, 0.4) is 0 Å². The summed E-state index contributed by atoms with van der Waals surface area (Å²) in [7, 11) is 0. The average Bonchev–Trinajstić information content (AvgIpc) is 2.72. The number of para-hydroxylation sites is 3. The van der Waals surface area contributed by atoms with Crippen LogP contribution in [0.1, 0.15) is 22.8 Å². The Morgan fingerprint density at radius 2 is 1.57 bits per heavy atom.